The maximum absolute atomic E-state index is 8.90. The van der Waals surface area contributed by atoms with Crippen LogP contribution < -0.4 is 4.74 Å². The summed E-state index contributed by atoms with van der Waals surface area (Å²) in [5, 5.41) is 8.90. The molecule has 0 fully saturated rings. The minimum atomic E-state index is 0.533. The molecule has 28 heavy (non-hydrogen) atoms. The number of ether oxygens (including phenoxy) is 1. The van der Waals surface area contributed by atoms with Gasteiger partial charge < -0.3 is 4.74 Å². The topological polar surface area (TPSA) is 58.8 Å². The van der Waals surface area contributed by atoms with E-state index in [1.165, 1.54) is 12.8 Å². The van der Waals surface area contributed by atoms with Gasteiger partial charge in [0.1, 0.15) is 6.61 Å². The Labute approximate surface area is 166 Å². The Bertz CT molecular complexity index is 937. The summed E-state index contributed by atoms with van der Waals surface area (Å²) in [6.45, 7) is 2.72. The second kappa shape index (κ2) is 10.0. The summed E-state index contributed by atoms with van der Waals surface area (Å²) in [5.74, 6) is 1.33. The molecular weight excluding hydrogens is 346 g/mol. The van der Waals surface area contributed by atoms with Gasteiger partial charge in [-0.05, 0) is 29.7 Å². The van der Waals surface area contributed by atoms with Crippen molar-refractivity contribution in [1.82, 2.24) is 9.97 Å². The first-order valence-electron chi connectivity index (χ1n) is 9.51. The van der Waals surface area contributed by atoms with Crippen LogP contribution in [0, 0.1) is 11.3 Å². The fourth-order valence-corrected chi connectivity index (χ4v) is 2.74. The zero-order chi connectivity index (χ0) is 19.6. The molecular formula is C24H23N3O. The third-order valence-corrected chi connectivity index (χ3v) is 4.36. The molecule has 0 radical (unpaired) electrons. The summed E-state index contributed by atoms with van der Waals surface area (Å²) in [6.07, 6.45) is 11.1. The Morgan fingerprint density at radius 2 is 1.50 bits per heavy atom. The van der Waals surface area contributed by atoms with Crippen LogP contribution in [0.5, 0.6) is 5.75 Å². The van der Waals surface area contributed by atoms with E-state index in [0.29, 0.717) is 23.7 Å². The summed E-state index contributed by atoms with van der Waals surface area (Å²) in [6, 6.07) is 17.8. The van der Waals surface area contributed by atoms with Gasteiger partial charge in [-0.3, -0.25) is 0 Å². The minimum Gasteiger partial charge on any atom is -0.486 e. The van der Waals surface area contributed by atoms with E-state index in [-0.39, 0.29) is 0 Å². The molecule has 4 heteroatoms. The first-order valence-corrected chi connectivity index (χ1v) is 9.51. The molecule has 3 rings (SSSR count). The van der Waals surface area contributed by atoms with E-state index in [9.17, 15) is 0 Å². The molecule has 0 saturated heterocycles. The molecule has 0 saturated carbocycles. The second-order valence-electron chi connectivity index (χ2n) is 6.43. The fraction of sp³-hybridized carbons (Fsp3) is 0.208. The van der Waals surface area contributed by atoms with Gasteiger partial charge in [-0.15, -0.1) is 0 Å². The molecule has 0 aliphatic rings. The van der Waals surface area contributed by atoms with E-state index < -0.39 is 0 Å². The molecule has 0 aliphatic carbocycles. The van der Waals surface area contributed by atoms with Crippen molar-refractivity contribution in [2.24, 2.45) is 0 Å². The lowest BCUT2D eigenvalue weighted by molar-refractivity contribution is 0.359. The SMILES string of the molecule is CCCCC=CCOc1cnc(-c2ccc(-c3ccc(C#N)cc3)cc2)nc1. The number of nitriles is 1. The smallest absolute Gasteiger partial charge is 0.159 e. The van der Waals surface area contributed by atoms with Gasteiger partial charge in [0.05, 0.1) is 24.0 Å². The molecule has 0 amide bonds. The molecule has 1 aromatic heterocycles. The summed E-state index contributed by atoms with van der Waals surface area (Å²) in [7, 11) is 0. The van der Waals surface area contributed by atoms with Gasteiger partial charge in [0.2, 0.25) is 0 Å². The summed E-state index contributed by atoms with van der Waals surface area (Å²) >= 11 is 0. The molecule has 0 atom stereocenters. The second-order valence-corrected chi connectivity index (χ2v) is 6.43. The monoisotopic (exact) mass is 369 g/mol. The van der Waals surface area contributed by atoms with Crippen LogP contribution >= 0.6 is 0 Å². The van der Waals surface area contributed by atoms with E-state index in [0.717, 1.165) is 23.1 Å². The van der Waals surface area contributed by atoms with Gasteiger partial charge in [0.15, 0.2) is 11.6 Å². The zero-order valence-electron chi connectivity index (χ0n) is 16.0. The fourth-order valence-electron chi connectivity index (χ4n) is 2.74. The van der Waals surface area contributed by atoms with E-state index >= 15 is 0 Å². The predicted octanol–water partition coefficient (Wildman–Crippen LogP) is 5.81. The molecule has 0 N–H and O–H groups in total. The molecule has 1 heterocycles. The van der Waals surface area contributed by atoms with Crippen LogP contribution in [0.1, 0.15) is 31.7 Å². The highest BCUT2D eigenvalue weighted by Crippen LogP contribution is 2.23. The lowest BCUT2D eigenvalue weighted by Crippen LogP contribution is -1.96. The quantitative estimate of drug-likeness (QED) is 0.371. The van der Waals surface area contributed by atoms with Crippen molar-refractivity contribution in [3.63, 3.8) is 0 Å². The third kappa shape index (κ3) is 5.28. The summed E-state index contributed by atoms with van der Waals surface area (Å²) < 4.78 is 5.64. The highest BCUT2D eigenvalue weighted by molar-refractivity contribution is 5.68. The third-order valence-electron chi connectivity index (χ3n) is 4.36. The first kappa shape index (κ1) is 19.3. The lowest BCUT2D eigenvalue weighted by Gasteiger charge is -2.06. The van der Waals surface area contributed by atoms with Crippen LogP contribution in [-0.4, -0.2) is 16.6 Å². The highest BCUT2D eigenvalue weighted by atomic mass is 16.5. The van der Waals surface area contributed by atoms with Gasteiger partial charge in [-0.25, -0.2) is 9.97 Å². The van der Waals surface area contributed by atoms with Crippen LogP contribution in [0.3, 0.4) is 0 Å². The minimum absolute atomic E-state index is 0.533. The van der Waals surface area contributed by atoms with Crippen LogP contribution in [0.2, 0.25) is 0 Å². The van der Waals surface area contributed by atoms with Crippen molar-refractivity contribution in [3.8, 4) is 34.3 Å². The lowest BCUT2D eigenvalue weighted by atomic mass is 10.0. The number of rotatable bonds is 8. The number of allylic oxidation sites excluding steroid dienone is 1. The first-order chi connectivity index (χ1) is 13.8. The average Bonchev–Trinajstić information content (AvgIpc) is 2.77. The molecule has 0 bridgehead atoms. The number of nitrogens with zero attached hydrogens (tertiary/aromatic N) is 3. The van der Waals surface area contributed by atoms with Crippen LogP contribution in [0.25, 0.3) is 22.5 Å². The van der Waals surface area contributed by atoms with E-state index in [2.05, 4.69) is 29.0 Å². The highest BCUT2D eigenvalue weighted by Gasteiger charge is 2.04. The van der Waals surface area contributed by atoms with Crippen molar-refractivity contribution in [3.05, 3.63) is 78.6 Å². The van der Waals surface area contributed by atoms with Gasteiger partial charge >= 0.3 is 0 Å². The standard InChI is InChI=1S/C24H23N3O/c1-2-3-4-5-6-15-28-23-17-26-24(27-18-23)22-13-11-21(12-14-22)20-9-7-19(16-25)8-10-20/h5-14,17-18H,2-4,15H2,1H3. The van der Waals surface area contributed by atoms with Crippen LogP contribution in [-0.2, 0) is 0 Å². The normalized spacial score (nSPS) is 10.7. The van der Waals surface area contributed by atoms with Crippen molar-refractivity contribution >= 4 is 0 Å². The van der Waals surface area contributed by atoms with Gasteiger partial charge in [0, 0.05) is 5.56 Å². The van der Waals surface area contributed by atoms with Crippen molar-refractivity contribution in [2.45, 2.75) is 26.2 Å². The van der Waals surface area contributed by atoms with Gasteiger partial charge in [-0.2, -0.15) is 5.26 Å². The molecule has 0 unspecified atom stereocenters. The number of aromatic nitrogens is 2. The van der Waals surface area contributed by atoms with Crippen LogP contribution in [0.15, 0.2) is 73.1 Å². The number of benzene rings is 2. The van der Waals surface area contributed by atoms with Gasteiger partial charge in [-0.1, -0.05) is 68.3 Å². The Morgan fingerprint density at radius 3 is 2.11 bits per heavy atom. The van der Waals surface area contributed by atoms with Crippen molar-refractivity contribution < 1.29 is 4.74 Å². The summed E-state index contributed by atoms with van der Waals surface area (Å²) in [4.78, 5) is 8.81. The predicted molar refractivity (Wildman–Crippen MR) is 112 cm³/mol. The summed E-state index contributed by atoms with van der Waals surface area (Å²) in [5.41, 5.74) is 3.76. The molecule has 140 valence electrons. The molecule has 4 nitrogen and oxygen atoms in total. The Balaban J connectivity index is 1.60. The average molecular weight is 369 g/mol. The van der Waals surface area contributed by atoms with E-state index in [1.807, 2.05) is 54.6 Å². The Kier molecular flexibility index (Phi) is 6.92. The Hall–Kier alpha value is -3.45. The maximum atomic E-state index is 8.90. The van der Waals surface area contributed by atoms with Gasteiger partial charge in [0.25, 0.3) is 0 Å². The molecule has 2 aromatic carbocycles. The maximum Gasteiger partial charge on any atom is 0.159 e. The number of unbranched alkanes of at least 4 members (excludes halogenated alkanes) is 2. The van der Waals surface area contributed by atoms with E-state index in [4.69, 9.17) is 10.00 Å². The molecule has 3 aromatic rings. The van der Waals surface area contributed by atoms with E-state index in [1.54, 1.807) is 12.4 Å². The van der Waals surface area contributed by atoms with Crippen molar-refractivity contribution in [2.75, 3.05) is 6.61 Å². The largest absolute Gasteiger partial charge is 0.486 e. The number of hydrogen-bond acceptors (Lipinski definition) is 4. The molecule has 0 spiro atoms. The van der Waals surface area contributed by atoms with Crippen LogP contribution in [0.4, 0.5) is 0 Å². The number of hydrogen-bond donors (Lipinski definition) is 0. The Morgan fingerprint density at radius 1 is 0.893 bits per heavy atom. The molecule has 0 aliphatic heterocycles. The van der Waals surface area contributed by atoms with Crippen molar-refractivity contribution in [1.29, 1.82) is 5.26 Å². The zero-order valence-corrected chi connectivity index (χ0v) is 16.0.